The number of benzene rings is 2. The number of carbonyl (C=O) groups excluding carboxylic acids is 1. The highest BCUT2D eigenvalue weighted by Gasteiger charge is 2.32. The van der Waals surface area contributed by atoms with E-state index in [4.69, 9.17) is 4.74 Å². The van der Waals surface area contributed by atoms with Crippen LogP contribution < -0.4 is 4.74 Å². The van der Waals surface area contributed by atoms with Crippen LogP contribution >= 0.6 is 0 Å². The fraction of sp³-hybridized carbons (Fsp3) is 0.231. The van der Waals surface area contributed by atoms with E-state index < -0.39 is 0 Å². The number of ether oxygens (including phenoxy) is 1. The van der Waals surface area contributed by atoms with Crippen LogP contribution in [-0.2, 0) is 0 Å². The van der Waals surface area contributed by atoms with E-state index >= 15 is 0 Å². The van der Waals surface area contributed by atoms with Gasteiger partial charge in [-0.3, -0.25) is 4.79 Å². The monoisotopic (exact) mass is 439 g/mol. The van der Waals surface area contributed by atoms with Crippen LogP contribution in [0.3, 0.4) is 0 Å². The van der Waals surface area contributed by atoms with Gasteiger partial charge >= 0.3 is 0 Å². The summed E-state index contributed by atoms with van der Waals surface area (Å²) in [5.74, 6) is 0.527. The molecule has 0 N–H and O–H groups in total. The van der Waals surface area contributed by atoms with Gasteiger partial charge in [0, 0.05) is 18.3 Å². The van der Waals surface area contributed by atoms with E-state index in [1.807, 2.05) is 59.5 Å². The van der Waals surface area contributed by atoms with E-state index in [9.17, 15) is 4.79 Å². The van der Waals surface area contributed by atoms with Gasteiger partial charge < -0.3 is 9.64 Å². The highest BCUT2D eigenvalue weighted by atomic mass is 16.5. The molecule has 7 heteroatoms. The van der Waals surface area contributed by atoms with Crippen LogP contribution in [0.15, 0.2) is 85.3 Å². The minimum absolute atomic E-state index is 0.0466. The Balaban J connectivity index is 1.34. The van der Waals surface area contributed by atoms with Crippen molar-refractivity contribution in [1.82, 2.24) is 24.9 Å². The van der Waals surface area contributed by atoms with Crippen molar-refractivity contribution in [2.75, 3.05) is 6.54 Å². The van der Waals surface area contributed by atoms with Gasteiger partial charge in [-0.05, 0) is 49.1 Å². The number of carbonyl (C=O) groups is 1. The topological polar surface area (TPSA) is 73.1 Å². The highest BCUT2D eigenvalue weighted by molar-refractivity contribution is 5.98. The number of pyridine rings is 1. The molecule has 1 aliphatic heterocycles. The molecule has 0 aliphatic carbocycles. The Kier molecular flexibility index (Phi) is 5.85. The summed E-state index contributed by atoms with van der Waals surface area (Å²) in [6, 6.07) is 21.6. The van der Waals surface area contributed by atoms with Crippen LogP contribution in [0.5, 0.6) is 5.88 Å². The van der Waals surface area contributed by atoms with Gasteiger partial charge in [-0.15, -0.1) is 0 Å². The maximum atomic E-state index is 13.5. The highest BCUT2D eigenvalue weighted by Crippen LogP contribution is 2.27. The Bertz CT molecular complexity index is 1230. The third-order valence-corrected chi connectivity index (χ3v) is 6.00. The number of aromatic nitrogens is 4. The average Bonchev–Trinajstić information content (AvgIpc) is 3.41. The first-order valence-electron chi connectivity index (χ1n) is 11.1. The van der Waals surface area contributed by atoms with Gasteiger partial charge in [-0.1, -0.05) is 42.5 Å². The zero-order chi connectivity index (χ0) is 22.6. The average molecular weight is 440 g/mol. The molecule has 0 bridgehead atoms. The van der Waals surface area contributed by atoms with Crippen molar-refractivity contribution in [1.29, 1.82) is 0 Å². The molecule has 0 unspecified atom stereocenters. The maximum absolute atomic E-state index is 13.5. The molecule has 33 heavy (non-hydrogen) atoms. The second-order valence-electron chi connectivity index (χ2n) is 8.21. The van der Waals surface area contributed by atoms with Crippen molar-refractivity contribution in [2.24, 2.45) is 0 Å². The minimum Gasteiger partial charge on any atom is -0.472 e. The maximum Gasteiger partial charge on any atom is 0.256 e. The molecule has 0 saturated carbocycles. The Hall–Kier alpha value is -4.00. The molecule has 0 spiro atoms. The minimum atomic E-state index is -0.126. The first-order valence-corrected chi connectivity index (χ1v) is 11.1. The van der Waals surface area contributed by atoms with Crippen molar-refractivity contribution < 1.29 is 9.53 Å². The van der Waals surface area contributed by atoms with Crippen LogP contribution in [0.2, 0.25) is 0 Å². The Morgan fingerprint density at radius 3 is 2.48 bits per heavy atom. The smallest absolute Gasteiger partial charge is 0.256 e. The van der Waals surface area contributed by atoms with Crippen LogP contribution in [0.25, 0.3) is 16.8 Å². The van der Waals surface area contributed by atoms with E-state index in [0.29, 0.717) is 23.7 Å². The molecule has 1 amide bonds. The van der Waals surface area contributed by atoms with Crippen LogP contribution in [0.4, 0.5) is 0 Å². The Morgan fingerprint density at radius 2 is 1.67 bits per heavy atom. The van der Waals surface area contributed by atoms with Crippen molar-refractivity contribution in [2.45, 2.75) is 31.9 Å². The summed E-state index contributed by atoms with van der Waals surface area (Å²) in [4.78, 5) is 21.3. The van der Waals surface area contributed by atoms with Gasteiger partial charge in [0.05, 0.1) is 30.2 Å². The van der Waals surface area contributed by atoms with Crippen molar-refractivity contribution in [3.05, 3.63) is 90.9 Å². The fourth-order valence-electron chi connectivity index (χ4n) is 4.23. The zero-order valence-electron chi connectivity index (χ0n) is 18.4. The molecule has 7 nitrogen and oxygen atoms in total. The number of para-hydroxylation sites is 1. The third-order valence-electron chi connectivity index (χ3n) is 6.00. The summed E-state index contributed by atoms with van der Waals surface area (Å²) < 4.78 is 6.25. The molecule has 1 fully saturated rings. The lowest BCUT2D eigenvalue weighted by Crippen LogP contribution is -2.49. The standard InChI is InChI=1S/C26H25N5O2/c1-19-11-12-22(33-25-17-21(13-14-27-25)20-7-3-2-4-8-20)18-30(19)26(32)23-9-5-6-10-24(23)31-28-15-16-29-31/h2-10,13-17,19,22H,11-12,18H2,1H3/t19-,22-/m1/s1. The summed E-state index contributed by atoms with van der Waals surface area (Å²) in [5, 5.41) is 8.40. The normalized spacial score (nSPS) is 18.2. The Morgan fingerprint density at radius 1 is 0.909 bits per heavy atom. The molecule has 166 valence electrons. The fourth-order valence-corrected chi connectivity index (χ4v) is 4.23. The Labute approximate surface area is 192 Å². The lowest BCUT2D eigenvalue weighted by atomic mass is 9.99. The third kappa shape index (κ3) is 4.48. The van der Waals surface area contributed by atoms with Crippen LogP contribution in [0, 0.1) is 0 Å². The number of amides is 1. The molecule has 4 aromatic rings. The molecule has 5 rings (SSSR count). The van der Waals surface area contributed by atoms with Gasteiger partial charge in [0.2, 0.25) is 5.88 Å². The largest absolute Gasteiger partial charge is 0.472 e. The van der Waals surface area contributed by atoms with E-state index in [2.05, 4.69) is 34.2 Å². The number of nitrogens with zero attached hydrogens (tertiary/aromatic N) is 5. The molecule has 0 radical (unpaired) electrons. The first kappa shape index (κ1) is 20.9. The molecular formula is C26H25N5O2. The summed E-state index contributed by atoms with van der Waals surface area (Å²) >= 11 is 0. The second-order valence-corrected chi connectivity index (χ2v) is 8.21. The summed E-state index contributed by atoms with van der Waals surface area (Å²) in [7, 11) is 0. The summed E-state index contributed by atoms with van der Waals surface area (Å²) in [6.07, 6.45) is 6.57. The number of likely N-dealkylation sites (tertiary alicyclic amines) is 1. The van der Waals surface area contributed by atoms with Crippen molar-refractivity contribution in [3.8, 4) is 22.7 Å². The summed E-state index contributed by atoms with van der Waals surface area (Å²) in [6.45, 7) is 2.58. The predicted octanol–water partition coefficient (Wildman–Crippen LogP) is 4.40. The lowest BCUT2D eigenvalue weighted by Gasteiger charge is -2.38. The van der Waals surface area contributed by atoms with E-state index in [1.54, 1.807) is 18.6 Å². The van der Waals surface area contributed by atoms with Gasteiger partial charge in [0.25, 0.3) is 5.91 Å². The molecule has 2 aromatic heterocycles. The van der Waals surface area contributed by atoms with Crippen LogP contribution in [0.1, 0.15) is 30.1 Å². The predicted molar refractivity (Wildman–Crippen MR) is 125 cm³/mol. The molecule has 2 atom stereocenters. The second kappa shape index (κ2) is 9.24. The number of hydrogen-bond donors (Lipinski definition) is 0. The number of hydrogen-bond acceptors (Lipinski definition) is 5. The molecular weight excluding hydrogens is 414 g/mol. The molecule has 3 heterocycles. The SMILES string of the molecule is C[C@@H]1CC[C@@H](Oc2cc(-c3ccccc3)ccn2)CN1C(=O)c1ccccc1-n1nccn1. The van der Waals surface area contributed by atoms with Crippen LogP contribution in [-0.4, -0.2) is 49.5 Å². The van der Waals surface area contributed by atoms with E-state index in [-0.39, 0.29) is 18.1 Å². The molecule has 1 aliphatic rings. The van der Waals surface area contributed by atoms with E-state index in [1.165, 1.54) is 4.80 Å². The summed E-state index contributed by atoms with van der Waals surface area (Å²) in [5.41, 5.74) is 3.41. The van der Waals surface area contributed by atoms with Gasteiger partial charge in [0.1, 0.15) is 6.10 Å². The van der Waals surface area contributed by atoms with Gasteiger partial charge in [0.15, 0.2) is 0 Å². The first-order chi connectivity index (χ1) is 16.2. The quantitative estimate of drug-likeness (QED) is 0.461. The van der Waals surface area contributed by atoms with Gasteiger partial charge in [-0.25, -0.2) is 4.98 Å². The van der Waals surface area contributed by atoms with Crippen molar-refractivity contribution >= 4 is 5.91 Å². The number of rotatable bonds is 5. The van der Waals surface area contributed by atoms with E-state index in [0.717, 1.165) is 24.0 Å². The van der Waals surface area contributed by atoms with Gasteiger partial charge in [-0.2, -0.15) is 15.0 Å². The van der Waals surface area contributed by atoms with Crippen molar-refractivity contribution in [3.63, 3.8) is 0 Å². The zero-order valence-corrected chi connectivity index (χ0v) is 18.4. The lowest BCUT2D eigenvalue weighted by molar-refractivity contribution is 0.0373. The number of piperidine rings is 1. The molecule has 2 aromatic carbocycles. The molecule has 1 saturated heterocycles.